The fourth-order valence-electron chi connectivity index (χ4n) is 1.68. The summed E-state index contributed by atoms with van der Waals surface area (Å²) >= 11 is 3.57. The Kier molecular flexibility index (Phi) is 7.24. The van der Waals surface area contributed by atoms with E-state index in [1.165, 1.54) is 5.56 Å². The quantitative estimate of drug-likeness (QED) is 0.782. The maximum atomic E-state index is 5.84. The molecule has 19 heavy (non-hydrogen) atoms. The van der Waals surface area contributed by atoms with Gasteiger partial charge < -0.3 is 14.8 Å². The largest absolute Gasteiger partial charge is 0.493 e. The third-order valence-corrected chi connectivity index (χ3v) is 3.40. The second-order valence-electron chi connectivity index (χ2n) is 4.92. The van der Waals surface area contributed by atoms with Crippen molar-refractivity contribution in [2.75, 3.05) is 20.3 Å². The number of nitrogens with one attached hydrogen (secondary N) is 1. The zero-order valence-electron chi connectivity index (χ0n) is 12.3. The minimum absolute atomic E-state index is 0.637. The van der Waals surface area contributed by atoms with Crippen molar-refractivity contribution >= 4 is 15.9 Å². The predicted molar refractivity (Wildman–Crippen MR) is 83.0 cm³/mol. The average Bonchev–Trinajstić information content (AvgIpc) is 2.37. The molecule has 0 saturated heterocycles. The lowest BCUT2D eigenvalue weighted by Gasteiger charge is -2.15. The van der Waals surface area contributed by atoms with Gasteiger partial charge in [0.1, 0.15) is 0 Å². The van der Waals surface area contributed by atoms with Crippen molar-refractivity contribution in [3.05, 3.63) is 22.2 Å². The van der Waals surface area contributed by atoms with Crippen molar-refractivity contribution in [3.63, 3.8) is 0 Å². The van der Waals surface area contributed by atoms with E-state index in [1.54, 1.807) is 7.11 Å². The summed E-state index contributed by atoms with van der Waals surface area (Å²) < 4.78 is 12.2. The number of ether oxygens (including phenoxy) is 2. The highest BCUT2D eigenvalue weighted by molar-refractivity contribution is 9.10. The molecule has 0 bridgehead atoms. The lowest BCUT2D eigenvalue weighted by Crippen LogP contribution is -2.12. The molecule has 0 unspecified atom stereocenters. The van der Waals surface area contributed by atoms with Crippen molar-refractivity contribution < 1.29 is 9.47 Å². The van der Waals surface area contributed by atoms with Gasteiger partial charge in [-0.3, -0.25) is 0 Å². The second-order valence-corrected chi connectivity index (χ2v) is 5.77. The maximum absolute atomic E-state index is 5.84. The minimum atomic E-state index is 0.637. The lowest BCUT2D eigenvalue weighted by atomic mass is 10.1. The summed E-state index contributed by atoms with van der Waals surface area (Å²) in [6, 6.07) is 4.11. The van der Waals surface area contributed by atoms with Crippen LogP contribution in [0.4, 0.5) is 0 Å². The number of rotatable bonds is 8. The van der Waals surface area contributed by atoms with E-state index in [1.807, 2.05) is 6.07 Å². The zero-order chi connectivity index (χ0) is 14.3. The molecule has 0 amide bonds. The molecule has 0 heterocycles. The zero-order valence-corrected chi connectivity index (χ0v) is 13.8. The highest BCUT2D eigenvalue weighted by Crippen LogP contribution is 2.36. The molecule has 0 aliphatic heterocycles. The molecular weight excluding hydrogens is 306 g/mol. The summed E-state index contributed by atoms with van der Waals surface area (Å²) in [6.07, 6.45) is 1.04. The summed E-state index contributed by atoms with van der Waals surface area (Å²) in [7, 11) is 1.67. The first-order chi connectivity index (χ1) is 9.08. The molecule has 0 aliphatic rings. The van der Waals surface area contributed by atoms with E-state index in [9.17, 15) is 0 Å². The normalized spacial score (nSPS) is 10.8. The molecule has 0 aromatic heterocycles. The van der Waals surface area contributed by atoms with Crippen molar-refractivity contribution in [3.8, 4) is 11.5 Å². The van der Waals surface area contributed by atoms with Crippen molar-refractivity contribution in [1.82, 2.24) is 5.32 Å². The summed E-state index contributed by atoms with van der Waals surface area (Å²) in [5, 5.41) is 3.30. The number of benzene rings is 1. The summed E-state index contributed by atoms with van der Waals surface area (Å²) in [6.45, 7) is 8.96. The van der Waals surface area contributed by atoms with E-state index in [0.29, 0.717) is 12.5 Å². The topological polar surface area (TPSA) is 30.5 Å². The minimum Gasteiger partial charge on any atom is -0.493 e. The molecule has 0 saturated carbocycles. The molecule has 108 valence electrons. The standard InChI is InChI=1S/C15H24BrNO2/c1-5-17-10-12-8-13(16)15(14(9-12)18-4)19-7-6-11(2)3/h8-9,11,17H,5-7,10H2,1-4H3. The monoisotopic (exact) mass is 329 g/mol. The Morgan fingerprint density at radius 2 is 2.05 bits per heavy atom. The van der Waals surface area contributed by atoms with Crippen molar-refractivity contribution in [1.29, 1.82) is 0 Å². The lowest BCUT2D eigenvalue weighted by molar-refractivity contribution is 0.271. The Bertz CT molecular complexity index is 394. The molecule has 1 aromatic carbocycles. The molecule has 3 nitrogen and oxygen atoms in total. The SMILES string of the molecule is CCNCc1cc(Br)c(OCCC(C)C)c(OC)c1. The Balaban J connectivity index is 2.79. The van der Waals surface area contributed by atoms with E-state index < -0.39 is 0 Å². The first-order valence-electron chi connectivity index (χ1n) is 6.78. The first kappa shape index (κ1) is 16.3. The second kappa shape index (κ2) is 8.43. The molecule has 4 heteroatoms. The van der Waals surface area contributed by atoms with Crippen LogP contribution in [0.25, 0.3) is 0 Å². The molecule has 0 fully saturated rings. The average molecular weight is 330 g/mol. The van der Waals surface area contributed by atoms with E-state index in [-0.39, 0.29) is 0 Å². The number of hydrogen-bond donors (Lipinski definition) is 1. The third kappa shape index (κ3) is 5.41. The fourth-order valence-corrected chi connectivity index (χ4v) is 2.29. The van der Waals surface area contributed by atoms with E-state index in [0.717, 1.165) is 35.5 Å². The Hall–Kier alpha value is -0.740. The van der Waals surface area contributed by atoms with Gasteiger partial charge in [0.25, 0.3) is 0 Å². The van der Waals surface area contributed by atoms with Gasteiger partial charge in [-0.1, -0.05) is 20.8 Å². The summed E-state index contributed by atoms with van der Waals surface area (Å²) in [5.74, 6) is 2.22. The van der Waals surface area contributed by atoms with Crippen LogP contribution in [-0.2, 0) is 6.54 Å². The van der Waals surface area contributed by atoms with E-state index in [4.69, 9.17) is 9.47 Å². The predicted octanol–water partition coefficient (Wildman–Crippen LogP) is 3.99. The van der Waals surface area contributed by atoms with Crippen LogP contribution in [-0.4, -0.2) is 20.3 Å². The highest BCUT2D eigenvalue weighted by atomic mass is 79.9. The van der Waals surface area contributed by atoms with Crippen molar-refractivity contribution in [2.45, 2.75) is 33.7 Å². The Morgan fingerprint density at radius 1 is 1.32 bits per heavy atom. The molecule has 1 aromatic rings. The fraction of sp³-hybridized carbons (Fsp3) is 0.600. The molecule has 1 N–H and O–H groups in total. The first-order valence-corrected chi connectivity index (χ1v) is 7.57. The molecule has 0 atom stereocenters. The van der Waals surface area contributed by atoms with Gasteiger partial charge in [0.05, 0.1) is 18.2 Å². The van der Waals surface area contributed by atoms with Crippen LogP contribution in [0.1, 0.15) is 32.8 Å². The molecule has 1 rings (SSSR count). The van der Waals surface area contributed by atoms with Gasteiger partial charge in [-0.15, -0.1) is 0 Å². The molecule has 0 spiro atoms. The van der Waals surface area contributed by atoms with Crippen LogP contribution < -0.4 is 14.8 Å². The van der Waals surface area contributed by atoms with Gasteiger partial charge in [-0.05, 0) is 52.5 Å². The van der Waals surface area contributed by atoms with Gasteiger partial charge in [0.2, 0.25) is 0 Å². The van der Waals surface area contributed by atoms with Crippen molar-refractivity contribution in [2.24, 2.45) is 5.92 Å². The van der Waals surface area contributed by atoms with Crippen LogP contribution in [0.15, 0.2) is 16.6 Å². The number of hydrogen-bond acceptors (Lipinski definition) is 3. The van der Waals surface area contributed by atoms with Gasteiger partial charge in [0.15, 0.2) is 11.5 Å². The van der Waals surface area contributed by atoms with Gasteiger partial charge in [0, 0.05) is 6.54 Å². The van der Waals surface area contributed by atoms with Crippen LogP contribution in [0, 0.1) is 5.92 Å². The van der Waals surface area contributed by atoms with Gasteiger partial charge in [-0.25, -0.2) is 0 Å². The van der Waals surface area contributed by atoms with E-state index in [2.05, 4.69) is 48.1 Å². The number of methoxy groups -OCH3 is 1. The molecule has 0 radical (unpaired) electrons. The summed E-state index contributed by atoms with van der Waals surface area (Å²) in [4.78, 5) is 0. The number of halogens is 1. The Morgan fingerprint density at radius 3 is 2.63 bits per heavy atom. The maximum Gasteiger partial charge on any atom is 0.175 e. The third-order valence-electron chi connectivity index (χ3n) is 2.81. The molecule has 0 aliphatic carbocycles. The smallest absolute Gasteiger partial charge is 0.175 e. The molecular formula is C15H24BrNO2. The summed E-state index contributed by atoms with van der Waals surface area (Å²) in [5.41, 5.74) is 1.18. The van der Waals surface area contributed by atoms with Gasteiger partial charge in [-0.2, -0.15) is 0 Å². The van der Waals surface area contributed by atoms with Crippen LogP contribution in [0.5, 0.6) is 11.5 Å². The van der Waals surface area contributed by atoms with Crippen LogP contribution in [0.2, 0.25) is 0 Å². The Labute approximate surface area is 124 Å². The van der Waals surface area contributed by atoms with Gasteiger partial charge >= 0.3 is 0 Å². The van der Waals surface area contributed by atoms with E-state index >= 15 is 0 Å². The highest BCUT2D eigenvalue weighted by Gasteiger charge is 2.11. The van der Waals surface area contributed by atoms with Crippen LogP contribution in [0.3, 0.4) is 0 Å². The van der Waals surface area contributed by atoms with Crippen LogP contribution >= 0.6 is 15.9 Å².